The summed E-state index contributed by atoms with van der Waals surface area (Å²) < 4.78 is 18.4. The molecular formula is C17H19N3O4. The summed E-state index contributed by atoms with van der Waals surface area (Å²) in [5.74, 6) is 1.30. The third kappa shape index (κ3) is 3.07. The number of aromatic nitrogens is 2. The first-order chi connectivity index (χ1) is 11.8. The number of hydrogen-bond acceptors (Lipinski definition) is 5. The summed E-state index contributed by atoms with van der Waals surface area (Å²) in [5, 5.41) is 4.21. The van der Waals surface area contributed by atoms with Gasteiger partial charge in [-0.05, 0) is 30.7 Å². The summed E-state index contributed by atoms with van der Waals surface area (Å²) in [5.41, 5.74) is 0.610. The van der Waals surface area contributed by atoms with E-state index >= 15 is 0 Å². The third-order valence-electron chi connectivity index (χ3n) is 4.21. The Morgan fingerprint density at radius 1 is 1.29 bits per heavy atom. The van der Waals surface area contributed by atoms with Gasteiger partial charge < -0.3 is 19.1 Å². The molecule has 3 heterocycles. The number of hydrogen-bond donors (Lipinski definition) is 0. The quantitative estimate of drug-likeness (QED) is 0.855. The molecule has 0 spiro atoms. The number of benzene rings is 1. The van der Waals surface area contributed by atoms with Crippen LogP contribution in [0.4, 0.5) is 0 Å². The van der Waals surface area contributed by atoms with E-state index in [9.17, 15) is 4.79 Å². The Kier molecular flexibility index (Phi) is 4.08. The second-order valence-electron chi connectivity index (χ2n) is 5.89. The second-order valence-corrected chi connectivity index (χ2v) is 5.89. The van der Waals surface area contributed by atoms with Crippen LogP contribution in [0, 0.1) is 0 Å². The Hall–Kier alpha value is -2.54. The summed E-state index contributed by atoms with van der Waals surface area (Å²) in [6.07, 6.45) is 4.40. The highest BCUT2D eigenvalue weighted by Crippen LogP contribution is 2.32. The van der Waals surface area contributed by atoms with Crippen molar-refractivity contribution in [3.63, 3.8) is 0 Å². The van der Waals surface area contributed by atoms with Crippen molar-refractivity contribution in [2.45, 2.75) is 19.1 Å². The highest BCUT2D eigenvalue weighted by atomic mass is 16.7. The third-order valence-corrected chi connectivity index (χ3v) is 4.21. The number of carbonyl (C=O) groups is 1. The standard InChI is InChI=1S/C17H19N3O4/c21-17(13-3-4-15-16(9-13)24-12-23-15)19-6-2-8-22-14(10-19)11-20-7-1-5-18-20/h1,3-5,7,9,14H,2,6,8,10-12H2/t14-/m1/s1. The Labute approximate surface area is 139 Å². The summed E-state index contributed by atoms with van der Waals surface area (Å²) >= 11 is 0. The molecule has 1 aromatic heterocycles. The van der Waals surface area contributed by atoms with Crippen LogP contribution < -0.4 is 9.47 Å². The van der Waals surface area contributed by atoms with Gasteiger partial charge in [0, 0.05) is 37.7 Å². The smallest absolute Gasteiger partial charge is 0.254 e. The number of amides is 1. The van der Waals surface area contributed by atoms with Crippen molar-refractivity contribution >= 4 is 5.91 Å². The molecule has 1 aromatic carbocycles. The molecule has 7 heteroatoms. The molecule has 4 rings (SSSR count). The van der Waals surface area contributed by atoms with E-state index in [0.29, 0.717) is 43.3 Å². The molecule has 0 radical (unpaired) electrons. The molecule has 1 amide bonds. The van der Waals surface area contributed by atoms with Crippen molar-refractivity contribution in [1.82, 2.24) is 14.7 Å². The van der Waals surface area contributed by atoms with Gasteiger partial charge in [0.25, 0.3) is 5.91 Å². The molecule has 0 bridgehead atoms. The normalized spacial score (nSPS) is 20.0. The number of ether oxygens (including phenoxy) is 3. The first kappa shape index (κ1) is 15.0. The molecule has 0 unspecified atom stereocenters. The molecule has 0 saturated carbocycles. The highest BCUT2D eigenvalue weighted by Gasteiger charge is 2.25. The topological polar surface area (TPSA) is 65.8 Å². The van der Waals surface area contributed by atoms with Gasteiger partial charge in [0.05, 0.1) is 12.6 Å². The molecule has 7 nitrogen and oxygen atoms in total. The van der Waals surface area contributed by atoms with Gasteiger partial charge >= 0.3 is 0 Å². The average molecular weight is 329 g/mol. The molecule has 0 N–H and O–H groups in total. The van der Waals surface area contributed by atoms with Gasteiger partial charge in [0.2, 0.25) is 6.79 Å². The summed E-state index contributed by atoms with van der Waals surface area (Å²) in [4.78, 5) is 14.7. The summed E-state index contributed by atoms with van der Waals surface area (Å²) in [6.45, 7) is 2.72. The largest absolute Gasteiger partial charge is 0.454 e. The minimum absolute atomic E-state index is 0.00994. The van der Waals surface area contributed by atoms with Gasteiger partial charge in [-0.2, -0.15) is 5.10 Å². The molecular weight excluding hydrogens is 310 g/mol. The van der Waals surface area contributed by atoms with Crippen LogP contribution in [0.5, 0.6) is 11.5 Å². The molecule has 0 aliphatic carbocycles. The van der Waals surface area contributed by atoms with E-state index in [-0.39, 0.29) is 18.8 Å². The number of rotatable bonds is 3. The van der Waals surface area contributed by atoms with Crippen LogP contribution in [0.25, 0.3) is 0 Å². The number of nitrogens with zero attached hydrogens (tertiary/aromatic N) is 3. The fourth-order valence-electron chi connectivity index (χ4n) is 3.02. The van der Waals surface area contributed by atoms with Gasteiger partial charge in [0.15, 0.2) is 11.5 Å². The lowest BCUT2D eigenvalue weighted by atomic mass is 10.1. The zero-order valence-electron chi connectivity index (χ0n) is 13.3. The van der Waals surface area contributed by atoms with Crippen molar-refractivity contribution in [3.8, 4) is 11.5 Å². The van der Waals surface area contributed by atoms with Crippen LogP contribution in [-0.4, -0.2) is 53.2 Å². The number of carbonyl (C=O) groups excluding carboxylic acids is 1. The molecule has 2 aliphatic heterocycles. The van der Waals surface area contributed by atoms with Crippen molar-refractivity contribution < 1.29 is 19.0 Å². The van der Waals surface area contributed by atoms with E-state index < -0.39 is 0 Å². The lowest BCUT2D eigenvalue weighted by Gasteiger charge is -2.24. The van der Waals surface area contributed by atoms with E-state index in [1.165, 1.54) is 0 Å². The maximum Gasteiger partial charge on any atom is 0.254 e. The Morgan fingerprint density at radius 3 is 3.08 bits per heavy atom. The first-order valence-electron chi connectivity index (χ1n) is 8.07. The van der Waals surface area contributed by atoms with Crippen LogP contribution in [0.1, 0.15) is 16.8 Å². The zero-order chi connectivity index (χ0) is 16.4. The molecule has 2 aromatic rings. The van der Waals surface area contributed by atoms with Gasteiger partial charge in [-0.15, -0.1) is 0 Å². The average Bonchev–Trinajstić information content (AvgIpc) is 3.22. The fraction of sp³-hybridized carbons (Fsp3) is 0.412. The molecule has 1 fully saturated rings. The molecule has 126 valence electrons. The van der Waals surface area contributed by atoms with E-state index in [4.69, 9.17) is 14.2 Å². The Balaban J connectivity index is 1.48. The lowest BCUT2D eigenvalue weighted by molar-refractivity contribution is 0.0367. The molecule has 2 aliphatic rings. The summed E-state index contributed by atoms with van der Waals surface area (Å²) in [7, 11) is 0. The van der Waals surface area contributed by atoms with Crippen molar-refractivity contribution in [3.05, 3.63) is 42.2 Å². The molecule has 1 atom stereocenters. The lowest BCUT2D eigenvalue weighted by Crippen LogP contribution is -2.38. The first-order valence-corrected chi connectivity index (χ1v) is 8.07. The monoisotopic (exact) mass is 329 g/mol. The van der Waals surface area contributed by atoms with Crippen LogP contribution in [-0.2, 0) is 11.3 Å². The van der Waals surface area contributed by atoms with Crippen molar-refractivity contribution in [2.24, 2.45) is 0 Å². The van der Waals surface area contributed by atoms with Crippen molar-refractivity contribution in [1.29, 1.82) is 0 Å². The van der Waals surface area contributed by atoms with Crippen LogP contribution in [0.2, 0.25) is 0 Å². The van der Waals surface area contributed by atoms with E-state index in [1.54, 1.807) is 24.4 Å². The van der Waals surface area contributed by atoms with E-state index in [2.05, 4.69) is 5.10 Å². The predicted octanol–water partition coefficient (Wildman–Crippen LogP) is 1.54. The van der Waals surface area contributed by atoms with Crippen LogP contribution in [0.15, 0.2) is 36.7 Å². The maximum atomic E-state index is 12.9. The van der Waals surface area contributed by atoms with Gasteiger partial charge in [0.1, 0.15) is 0 Å². The Morgan fingerprint density at radius 2 is 2.21 bits per heavy atom. The van der Waals surface area contributed by atoms with Crippen LogP contribution >= 0.6 is 0 Å². The fourth-order valence-corrected chi connectivity index (χ4v) is 3.02. The highest BCUT2D eigenvalue weighted by molar-refractivity contribution is 5.95. The Bertz CT molecular complexity index is 717. The van der Waals surface area contributed by atoms with E-state index in [1.807, 2.05) is 21.8 Å². The van der Waals surface area contributed by atoms with Gasteiger partial charge in [-0.25, -0.2) is 0 Å². The van der Waals surface area contributed by atoms with Gasteiger partial charge in [-0.3, -0.25) is 9.48 Å². The molecule has 1 saturated heterocycles. The SMILES string of the molecule is O=C(c1ccc2c(c1)OCO2)N1CCCO[C@@H](Cn2cccn2)C1. The zero-order valence-corrected chi connectivity index (χ0v) is 13.3. The summed E-state index contributed by atoms with van der Waals surface area (Å²) in [6, 6.07) is 7.19. The van der Waals surface area contributed by atoms with Gasteiger partial charge in [-0.1, -0.05) is 0 Å². The minimum Gasteiger partial charge on any atom is -0.454 e. The van der Waals surface area contributed by atoms with E-state index in [0.717, 1.165) is 6.42 Å². The maximum absolute atomic E-state index is 12.9. The number of fused-ring (bicyclic) bond motifs is 1. The predicted molar refractivity (Wildman–Crippen MR) is 85.1 cm³/mol. The van der Waals surface area contributed by atoms with Crippen molar-refractivity contribution in [2.75, 3.05) is 26.5 Å². The minimum atomic E-state index is -0.0645. The van der Waals surface area contributed by atoms with Crippen LogP contribution in [0.3, 0.4) is 0 Å². The second kappa shape index (κ2) is 6.52. The molecule has 24 heavy (non-hydrogen) atoms.